The second-order valence-electron chi connectivity index (χ2n) is 4.04. The Morgan fingerprint density at radius 3 is 2.70 bits per heavy atom. The fourth-order valence-corrected chi connectivity index (χ4v) is 3.46. The van der Waals surface area contributed by atoms with Gasteiger partial charge in [0.25, 0.3) is 0 Å². The van der Waals surface area contributed by atoms with Gasteiger partial charge in [0.2, 0.25) is 11.0 Å². The van der Waals surface area contributed by atoms with Crippen LogP contribution in [-0.4, -0.2) is 28.1 Å². The van der Waals surface area contributed by atoms with Crippen molar-refractivity contribution < 1.29 is 4.79 Å². The summed E-state index contributed by atoms with van der Waals surface area (Å²) in [6.07, 6.45) is 2.40. The van der Waals surface area contributed by atoms with Crippen molar-refractivity contribution in [3.05, 3.63) is 29.8 Å². The summed E-state index contributed by atoms with van der Waals surface area (Å²) in [5.41, 5.74) is 1.24. The number of carbonyl (C=O) groups is 1. The number of benzene rings is 1. The minimum Gasteiger partial charge on any atom is -0.300 e. The molecule has 0 aliphatic carbocycles. The number of aryl methyl sites for hydroxylation is 1. The molecule has 0 bridgehead atoms. The van der Waals surface area contributed by atoms with E-state index >= 15 is 0 Å². The van der Waals surface area contributed by atoms with Crippen LogP contribution in [0.3, 0.4) is 0 Å². The smallest absolute Gasteiger partial charge is 0.227 e. The molecular weight excluding hydrogens is 310 g/mol. The van der Waals surface area contributed by atoms with Gasteiger partial charge in [-0.3, -0.25) is 4.79 Å². The quantitative estimate of drug-likeness (QED) is 0.648. The molecule has 1 amide bonds. The number of nitrogens with one attached hydrogen (secondary N) is 1. The highest BCUT2D eigenvalue weighted by Crippen LogP contribution is 2.23. The van der Waals surface area contributed by atoms with Crippen LogP contribution in [0.2, 0.25) is 0 Å². The lowest BCUT2D eigenvalue weighted by atomic mass is 10.2. The minimum absolute atomic E-state index is 0.0200. The first-order chi connectivity index (χ1) is 9.67. The van der Waals surface area contributed by atoms with Crippen molar-refractivity contribution in [1.29, 1.82) is 0 Å². The van der Waals surface area contributed by atoms with E-state index in [-0.39, 0.29) is 5.91 Å². The van der Waals surface area contributed by atoms with Crippen molar-refractivity contribution in [3.63, 3.8) is 0 Å². The van der Waals surface area contributed by atoms with Gasteiger partial charge in [-0.05, 0) is 25.3 Å². The highest BCUT2D eigenvalue weighted by Gasteiger charge is 2.07. The zero-order valence-corrected chi connectivity index (χ0v) is 13.7. The second kappa shape index (κ2) is 7.66. The Morgan fingerprint density at radius 1 is 1.30 bits per heavy atom. The summed E-state index contributed by atoms with van der Waals surface area (Å²) < 4.78 is 0.856. The van der Waals surface area contributed by atoms with Crippen LogP contribution in [0.5, 0.6) is 0 Å². The summed E-state index contributed by atoms with van der Waals surface area (Å²) in [4.78, 5) is 12.9. The maximum Gasteiger partial charge on any atom is 0.227 e. The van der Waals surface area contributed by atoms with E-state index in [1.807, 2.05) is 6.26 Å². The van der Waals surface area contributed by atoms with Gasteiger partial charge in [-0.25, -0.2) is 0 Å². The normalized spacial score (nSPS) is 10.5. The van der Waals surface area contributed by atoms with Gasteiger partial charge in [0.15, 0.2) is 4.34 Å². The lowest BCUT2D eigenvalue weighted by Crippen LogP contribution is -2.11. The molecule has 2 rings (SSSR count). The molecule has 0 spiro atoms. The fourth-order valence-electron chi connectivity index (χ4n) is 1.42. The molecule has 1 N–H and O–H groups in total. The third-order valence-corrected chi connectivity index (χ3v) is 5.27. The monoisotopic (exact) mass is 325 g/mol. The summed E-state index contributed by atoms with van der Waals surface area (Å²) >= 11 is 4.60. The molecule has 0 aliphatic heterocycles. The molecule has 0 aliphatic rings. The Balaban J connectivity index is 1.73. The van der Waals surface area contributed by atoms with E-state index in [1.165, 1.54) is 33.6 Å². The summed E-state index contributed by atoms with van der Waals surface area (Å²) in [5.74, 6) is 0.733. The number of amides is 1. The van der Waals surface area contributed by atoms with Crippen molar-refractivity contribution in [1.82, 2.24) is 10.2 Å². The van der Waals surface area contributed by atoms with E-state index in [9.17, 15) is 4.79 Å². The molecule has 20 heavy (non-hydrogen) atoms. The third-order valence-electron chi connectivity index (χ3n) is 2.45. The van der Waals surface area contributed by atoms with Crippen molar-refractivity contribution in [2.45, 2.75) is 22.6 Å². The number of thioether (sulfide) groups is 2. The molecule has 7 heteroatoms. The average Bonchev–Trinajstić information content (AvgIpc) is 2.88. The van der Waals surface area contributed by atoms with Gasteiger partial charge in [-0.1, -0.05) is 40.8 Å². The van der Waals surface area contributed by atoms with Gasteiger partial charge in [0, 0.05) is 17.1 Å². The zero-order chi connectivity index (χ0) is 14.4. The third kappa shape index (κ3) is 4.81. The fraction of sp³-hybridized carbons (Fsp3) is 0.308. The molecule has 1 heterocycles. The van der Waals surface area contributed by atoms with Crippen LogP contribution < -0.4 is 5.32 Å². The molecule has 4 nitrogen and oxygen atoms in total. The van der Waals surface area contributed by atoms with Gasteiger partial charge in [0.05, 0.1) is 0 Å². The molecule has 0 saturated carbocycles. The number of hydrogen-bond donors (Lipinski definition) is 1. The Bertz CT molecular complexity index is 568. The number of rotatable bonds is 6. The van der Waals surface area contributed by atoms with E-state index in [4.69, 9.17) is 0 Å². The van der Waals surface area contributed by atoms with Crippen molar-refractivity contribution in [2.24, 2.45) is 0 Å². The van der Waals surface area contributed by atoms with Crippen LogP contribution in [0, 0.1) is 6.92 Å². The summed E-state index contributed by atoms with van der Waals surface area (Å²) in [6.45, 7) is 2.06. The standard InChI is InChI=1S/C13H15N3OS3/c1-9-3-5-10(6-4-9)19-8-7-11(17)14-12-15-16-13(18-2)20-12/h3-6H,7-8H2,1-2H3,(H,14,15,17). The van der Waals surface area contributed by atoms with Gasteiger partial charge in [0.1, 0.15) is 0 Å². The van der Waals surface area contributed by atoms with Crippen molar-refractivity contribution in [3.8, 4) is 0 Å². The molecule has 1 aromatic carbocycles. The first kappa shape index (κ1) is 15.3. The van der Waals surface area contributed by atoms with Crippen LogP contribution in [0.15, 0.2) is 33.5 Å². The minimum atomic E-state index is -0.0200. The number of carbonyl (C=O) groups excluding carboxylic acids is 1. The van der Waals surface area contributed by atoms with Crippen LogP contribution in [-0.2, 0) is 4.79 Å². The van der Waals surface area contributed by atoms with Gasteiger partial charge in [-0.2, -0.15) is 0 Å². The van der Waals surface area contributed by atoms with Crippen LogP contribution in [0.1, 0.15) is 12.0 Å². The van der Waals surface area contributed by atoms with E-state index < -0.39 is 0 Å². The highest BCUT2D eigenvalue weighted by atomic mass is 32.2. The predicted octanol–water partition coefficient (Wildman–Crippen LogP) is 3.69. The van der Waals surface area contributed by atoms with Gasteiger partial charge >= 0.3 is 0 Å². The number of hydrogen-bond acceptors (Lipinski definition) is 6. The first-order valence-corrected chi connectivity index (χ1v) is 9.07. The number of nitrogens with zero attached hydrogens (tertiary/aromatic N) is 2. The van der Waals surface area contributed by atoms with Crippen molar-refractivity contribution >= 4 is 45.9 Å². The van der Waals surface area contributed by atoms with Crippen LogP contribution in [0.25, 0.3) is 0 Å². The Labute approximate surface area is 130 Å². The Hall–Kier alpha value is -1.05. The summed E-state index contributed by atoms with van der Waals surface area (Å²) in [7, 11) is 0. The van der Waals surface area contributed by atoms with Crippen LogP contribution in [0.4, 0.5) is 5.13 Å². The van der Waals surface area contributed by atoms with Crippen LogP contribution >= 0.6 is 34.9 Å². The molecule has 0 radical (unpaired) electrons. The van der Waals surface area contributed by atoms with E-state index in [0.717, 1.165) is 10.1 Å². The maximum atomic E-state index is 11.8. The molecule has 0 saturated heterocycles. The predicted molar refractivity (Wildman–Crippen MR) is 86.8 cm³/mol. The van der Waals surface area contributed by atoms with E-state index in [1.54, 1.807) is 11.8 Å². The molecule has 2 aromatic rings. The lowest BCUT2D eigenvalue weighted by Gasteiger charge is -2.02. The topological polar surface area (TPSA) is 54.9 Å². The molecule has 0 atom stereocenters. The second-order valence-corrected chi connectivity index (χ2v) is 7.24. The lowest BCUT2D eigenvalue weighted by molar-refractivity contribution is -0.115. The summed E-state index contributed by atoms with van der Waals surface area (Å²) in [5, 5.41) is 11.2. The van der Waals surface area contributed by atoms with Gasteiger partial charge < -0.3 is 5.32 Å². The Morgan fingerprint density at radius 2 is 2.05 bits per heavy atom. The summed E-state index contributed by atoms with van der Waals surface area (Å²) in [6, 6.07) is 8.31. The van der Waals surface area contributed by atoms with Gasteiger partial charge in [-0.15, -0.1) is 22.0 Å². The van der Waals surface area contributed by atoms with E-state index in [2.05, 4.69) is 46.7 Å². The van der Waals surface area contributed by atoms with Crippen molar-refractivity contribution in [2.75, 3.05) is 17.3 Å². The molecule has 106 valence electrons. The Kier molecular flexibility index (Phi) is 5.87. The molecule has 1 aromatic heterocycles. The molecule has 0 fully saturated rings. The number of anilines is 1. The molecular formula is C13H15N3OS3. The highest BCUT2D eigenvalue weighted by molar-refractivity contribution is 8.00. The maximum absolute atomic E-state index is 11.8. The SMILES string of the molecule is CSc1nnc(NC(=O)CCSc2ccc(C)cc2)s1. The molecule has 0 unspecified atom stereocenters. The number of aromatic nitrogens is 2. The van der Waals surface area contributed by atoms with E-state index in [0.29, 0.717) is 11.6 Å². The first-order valence-electron chi connectivity index (χ1n) is 6.04. The largest absolute Gasteiger partial charge is 0.300 e. The zero-order valence-electron chi connectivity index (χ0n) is 11.3. The average molecular weight is 325 g/mol.